The number of phenols is 1. The van der Waals surface area contributed by atoms with Crippen LogP contribution >= 0.6 is 11.6 Å². The van der Waals surface area contributed by atoms with Crippen molar-refractivity contribution >= 4 is 33.1 Å². The minimum atomic E-state index is -3.80. The van der Waals surface area contributed by atoms with Crippen LogP contribution in [0.15, 0.2) is 51.8 Å². The molecule has 2 aromatic carbocycles. The predicted molar refractivity (Wildman–Crippen MR) is 88.2 cm³/mol. The number of aromatic hydroxyl groups is 1. The number of hydrogen-bond donors (Lipinski definition) is 2. The summed E-state index contributed by atoms with van der Waals surface area (Å²) in [6.45, 7) is 3.30. The summed E-state index contributed by atoms with van der Waals surface area (Å²) >= 11 is 5.74. The molecule has 7 heteroatoms. The van der Waals surface area contributed by atoms with Crippen molar-refractivity contribution in [3.05, 3.63) is 53.1 Å². The van der Waals surface area contributed by atoms with E-state index >= 15 is 0 Å². The van der Waals surface area contributed by atoms with E-state index in [9.17, 15) is 13.5 Å². The number of sulfonamides is 1. The van der Waals surface area contributed by atoms with Gasteiger partial charge >= 0.3 is 0 Å². The standard InChI is InChI=1S/C15H15ClN2O3S/c1-10-9-13(5-8-15(10)19)17-11(2)18-22(20,21)14-6-3-12(16)4-7-14/h3-9,19H,1-2H3,(H,17,18). The molecule has 116 valence electrons. The zero-order valence-electron chi connectivity index (χ0n) is 12.0. The Labute approximate surface area is 134 Å². The molecule has 0 saturated carbocycles. The molecule has 0 fully saturated rings. The molecule has 0 amide bonds. The maximum Gasteiger partial charge on any atom is 0.283 e. The first-order valence-corrected chi connectivity index (χ1v) is 8.23. The van der Waals surface area contributed by atoms with Gasteiger partial charge < -0.3 is 10.4 Å². The quantitative estimate of drug-likeness (QED) is 0.509. The lowest BCUT2D eigenvalue weighted by molar-refractivity contribution is 0.471. The summed E-state index contributed by atoms with van der Waals surface area (Å²) in [5.41, 5.74) is 1.32. The number of nitrogens with zero attached hydrogens (tertiary/aromatic N) is 1. The molecule has 0 aromatic heterocycles. The number of nitrogens with one attached hydrogen (secondary N) is 1. The van der Waals surface area contributed by atoms with Crippen molar-refractivity contribution in [2.24, 2.45) is 4.40 Å². The first kappa shape index (κ1) is 16.3. The SMILES string of the molecule is C/C(=N\S(=O)(=O)c1ccc(Cl)cc1)Nc1ccc(O)c(C)c1. The highest BCUT2D eigenvalue weighted by molar-refractivity contribution is 7.90. The number of benzene rings is 2. The number of rotatable bonds is 3. The van der Waals surface area contributed by atoms with Crippen LogP contribution < -0.4 is 5.32 Å². The maximum absolute atomic E-state index is 12.2. The molecule has 0 saturated heterocycles. The molecule has 22 heavy (non-hydrogen) atoms. The molecule has 5 nitrogen and oxygen atoms in total. The summed E-state index contributed by atoms with van der Waals surface area (Å²) in [6.07, 6.45) is 0. The Balaban J connectivity index is 2.23. The third-order valence-corrected chi connectivity index (χ3v) is 4.52. The van der Waals surface area contributed by atoms with Crippen LogP contribution in [0.5, 0.6) is 5.75 Å². The summed E-state index contributed by atoms with van der Waals surface area (Å²) in [5, 5.41) is 12.8. The van der Waals surface area contributed by atoms with Gasteiger partial charge in [0.15, 0.2) is 0 Å². The van der Waals surface area contributed by atoms with Crippen molar-refractivity contribution in [2.75, 3.05) is 5.32 Å². The van der Waals surface area contributed by atoms with Crippen molar-refractivity contribution in [1.82, 2.24) is 0 Å². The molecule has 0 atom stereocenters. The molecule has 2 N–H and O–H groups in total. The zero-order chi connectivity index (χ0) is 16.3. The van der Waals surface area contributed by atoms with Gasteiger partial charge in [-0.15, -0.1) is 4.40 Å². The van der Waals surface area contributed by atoms with Crippen LogP contribution in [-0.4, -0.2) is 19.4 Å². The first-order chi connectivity index (χ1) is 10.3. The van der Waals surface area contributed by atoms with Crippen LogP contribution in [0.3, 0.4) is 0 Å². The highest BCUT2D eigenvalue weighted by Gasteiger charge is 2.13. The fraction of sp³-hybridized carbons (Fsp3) is 0.133. The normalized spacial score (nSPS) is 12.2. The number of anilines is 1. The van der Waals surface area contributed by atoms with Gasteiger partial charge in [-0.1, -0.05) is 11.6 Å². The largest absolute Gasteiger partial charge is 0.508 e. The maximum atomic E-state index is 12.2. The number of aryl methyl sites for hydroxylation is 1. The molecule has 2 aromatic rings. The Kier molecular flexibility index (Phi) is 4.73. The van der Waals surface area contributed by atoms with Crippen molar-refractivity contribution < 1.29 is 13.5 Å². The van der Waals surface area contributed by atoms with Crippen molar-refractivity contribution in [1.29, 1.82) is 0 Å². The van der Waals surface area contributed by atoms with Crippen LogP contribution in [0.25, 0.3) is 0 Å². The molecule has 0 unspecified atom stereocenters. The summed E-state index contributed by atoms with van der Waals surface area (Å²) in [6, 6.07) is 10.7. The molecule has 0 radical (unpaired) electrons. The second kappa shape index (κ2) is 6.37. The van der Waals surface area contributed by atoms with E-state index < -0.39 is 10.0 Å². The monoisotopic (exact) mass is 338 g/mol. The molecule has 0 aliphatic heterocycles. The second-order valence-electron chi connectivity index (χ2n) is 4.73. The Morgan fingerprint density at radius 3 is 2.41 bits per heavy atom. The van der Waals surface area contributed by atoms with Gasteiger partial charge in [-0.25, -0.2) is 0 Å². The van der Waals surface area contributed by atoms with Crippen LogP contribution in [0, 0.1) is 6.92 Å². The summed E-state index contributed by atoms with van der Waals surface area (Å²) in [5.74, 6) is 0.397. The molecular formula is C15H15ClN2O3S. The van der Waals surface area contributed by atoms with E-state index in [1.165, 1.54) is 30.3 Å². The molecule has 2 rings (SSSR count). The number of amidine groups is 1. The zero-order valence-corrected chi connectivity index (χ0v) is 13.6. The van der Waals surface area contributed by atoms with Gasteiger partial charge in [0.1, 0.15) is 11.6 Å². The Bertz CT molecular complexity index is 815. The highest BCUT2D eigenvalue weighted by Crippen LogP contribution is 2.21. The van der Waals surface area contributed by atoms with E-state index in [-0.39, 0.29) is 16.5 Å². The predicted octanol–water partition coefficient (Wildman–Crippen LogP) is 3.57. The van der Waals surface area contributed by atoms with Gasteiger partial charge in [-0.05, 0) is 61.9 Å². The van der Waals surface area contributed by atoms with Gasteiger partial charge in [-0.3, -0.25) is 0 Å². The Morgan fingerprint density at radius 1 is 1.18 bits per heavy atom. The average molecular weight is 339 g/mol. The van der Waals surface area contributed by atoms with Crippen LogP contribution in [0.4, 0.5) is 5.69 Å². The fourth-order valence-electron chi connectivity index (χ4n) is 1.80. The van der Waals surface area contributed by atoms with E-state index in [1.54, 1.807) is 26.0 Å². The summed E-state index contributed by atoms with van der Waals surface area (Å²) in [7, 11) is -3.80. The topological polar surface area (TPSA) is 78.8 Å². The minimum Gasteiger partial charge on any atom is -0.508 e. The highest BCUT2D eigenvalue weighted by atomic mass is 35.5. The van der Waals surface area contributed by atoms with Crippen molar-refractivity contribution in [3.63, 3.8) is 0 Å². The summed E-state index contributed by atoms with van der Waals surface area (Å²) in [4.78, 5) is 0.0694. The Morgan fingerprint density at radius 2 is 1.82 bits per heavy atom. The second-order valence-corrected chi connectivity index (χ2v) is 6.77. The lowest BCUT2D eigenvalue weighted by Gasteiger charge is -2.08. The lowest BCUT2D eigenvalue weighted by Crippen LogP contribution is -2.11. The number of phenolic OH excluding ortho intramolecular Hbond substituents is 1. The van der Waals surface area contributed by atoms with Crippen molar-refractivity contribution in [2.45, 2.75) is 18.7 Å². The Hall–Kier alpha value is -2.05. The van der Waals surface area contributed by atoms with E-state index in [2.05, 4.69) is 9.71 Å². The smallest absolute Gasteiger partial charge is 0.283 e. The van der Waals surface area contributed by atoms with E-state index in [0.717, 1.165) is 0 Å². The van der Waals surface area contributed by atoms with Gasteiger partial charge in [0.25, 0.3) is 10.0 Å². The van der Waals surface area contributed by atoms with Gasteiger partial charge in [0.2, 0.25) is 0 Å². The lowest BCUT2D eigenvalue weighted by atomic mass is 10.2. The van der Waals surface area contributed by atoms with E-state index in [4.69, 9.17) is 11.6 Å². The molecule has 0 spiro atoms. The molecule has 0 bridgehead atoms. The fourth-order valence-corrected chi connectivity index (χ4v) is 2.92. The third-order valence-electron chi connectivity index (χ3n) is 2.89. The average Bonchev–Trinajstić information content (AvgIpc) is 2.42. The van der Waals surface area contributed by atoms with Crippen LogP contribution in [0.1, 0.15) is 12.5 Å². The van der Waals surface area contributed by atoms with E-state index in [1.807, 2.05) is 0 Å². The molecule has 0 heterocycles. The molecule has 0 aliphatic carbocycles. The van der Waals surface area contributed by atoms with Gasteiger partial charge in [0, 0.05) is 10.7 Å². The van der Waals surface area contributed by atoms with Crippen LogP contribution in [0.2, 0.25) is 5.02 Å². The molecular weight excluding hydrogens is 324 g/mol. The van der Waals surface area contributed by atoms with Crippen molar-refractivity contribution in [3.8, 4) is 5.75 Å². The minimum absolute atomic E-state index is 0.0694. The van der Waals surface area contributed by atoms with Gasteiger partial charge in [-0.2, -0.15) is 8.42 Å². The number of hydrogen-bond acceptors (Lipinski definition) is 3. The van der Waals surface area contributed by atoms with Crippen LogP contribution in [-0.2, 0) is 10.0 Å². The number of halogens is 1. The first-order valence-electron chi connectivity index (χ1n) is 6.42. The molecule has 0 aliphatic rings. The van der Waals surface area contributed by atoms with Gasteiger partial charge in [0.05, 0.1) is 4.90 Å². The third kappa shape index (κ3) is 3.99. The summed E-state index contributed by atoms with van der Waals surface area (Å²) < 4.78 is 28.0. The van der Waals surface area contributed by atoms with E-state index in [0.29, 0.717) is 16.3 Å².